The Morgan fingerprint density at radius 2 is 1.41 bits per heavy atom. The smallest absolute Gasteiger partial charge is 0.203 e. The Labute approximate surface area is 159 Å². The highest BCUT2D eigenvalue weighted by Gasteiger charge is 2.28. The number of benzene rings is 2. The SMILES string of the molecule is C=Cc1cc(OC)c(OC)cc1C1=CCc2cc(OC)c(OC)c(OC)c21. The molecule has 0 radical (unpaired) electrons. The van der Waals surface area contributed by atoms with Gasteiger partial charge in [-0.25, -0.2) is 0 Å². The zero-order chi connectivity index (χ0) is 19.6. The fraction of sp³-hybridized carbons (Fsp3) is 0.273. The highest BCUT2D eigenvalue weighted by Crippen LogP contribution is 2.50. The van der Waals surface area contributed by atoms with Crippen molar-refractivity contribution in [2.45, 2.75) is 6.42 Å². The molecule has 0 spiro atoms. The summed E-state index contributed by atoms with van der Waals surface area (Å²) in [4.78, 5) is 0. The predicted molar refractivity (Wildman–Crippen MR) is 107 cm³/mol. The normalized spacial score (nSPS) is 12.1. The molecule has 0 heterocycles. The topological polar surface area (TPSA) is 46.2 Å². The standard InChI is InChI=1S/C22H24O5/c1-7-13-10-17(23-2)18(24-3)12-16(13)15-9-8-14-11-19(25-4)21(26-5)22(27-6)20(14)15/h7,9-12H,1,8H2,2-6H3. The molecule has 0 bridgehead atoms. The average Bonchev–Trinajstić information content (AvgIpc) is 3.14. The van der Waals surface area contributed by atoms with Gasteiger partial charge in [0.15, 0.2) is 23.0 Å². The molecule has 2 aromatic carbocycles. The first-order valence-electron chi connectivity index (χ1n) is 8.54. The molecule has 0 unspecified atom stereocenters. The van der Waals surface area contributed by atoms with Crippen LogP contribution in [0.25, 0.3) is 11.6 Å². The number of allylic oxidation sites excluding steroid dienone is 1. The zero-order valence-corrected chi connectivity index (χ0v) is 16.3. The molecule has 27 heavy (non-hydrogen) atoms. The molecule has 3 rings (SSSR count). The van der Waals surface area contributed by atoms with Gasteiger partial charge < -0.3 is 23.7 Å². The molecule has 1 aliphatic rings. The van der Waals surface area contributed by atoms with Gasteiger partial charge in [0.1, 0.15) is 0 Å². The van der Waals surface area contributed by atoms with Crippen molar-refractivity contribution in [3.05, 3.63) is 53.1 Å². The van der Waals surface area contributed by atoms with E-state index >= 15 is 0 Å². The van der Waals surface area contributed by atoms with Crippen molar-refractivity contribution in [2.75, 3.05) is 35.5 Å². The summed E-state index contributed by atoms with van der Waals surface area (Å²) < 4.78 is 27.7. The molecule has 2 aromatic rings. The lowest BCUT2D eigenvalue weighted by atomic mass is 9.93. The molecule has 0 aromatic heterocycles. The summed E-state index contributed by atoms with van der Waals surface area (Å²) in [5.74, 6) is 3.20. The predicted octanol–water partition coefficient (Wildman–Crippen LogP) is 4.36. The van der Waals surface area contributed by atoms with Crippen LogP contribution in [0.2, 0.25) is 0 Å². The average molecular weight is 368 g/mol. The number of rotatable bonds is 7. The van der Waals surface area contributed by atoms with Gasteiger partial charge in [-0.15, -0.1) is 0 Å². The lowest BCUT2D eigenvalue weighted by molar-refractivity contribution is 0.323. The molecule has 5 heteroatoms. The van der Waals surface area contributed by atoms with Crippen molar-refractivity contribution >= 4 is 11.6 Å². The van der Waals surface area contributed by atoms with Gasteiger partial charge in [0.25, 0.3) is 0 Å². The fourth-order valence-corrected chi connectivity index (χ4v) is 3.52. The Morgan fingerprint density at radius 3 is 1.96 bits per heavy atom. The van der Waals surface area contributed by atoms with Gasteiger partial charge in [-0.3, -0.25) is 0 Å². The highest BCUT2D eigenvalue weighted by atomic mass is 16.5. The Kier molecular flexibility index (Phi) is 5.31. The van der Waals surface area contributed by atoms with Gasteiger partial charge in [-0.2, -0.15) is 0 Å². The Hall–Kier alpha value is -3.08. The number of ether oxygens (including phenoxy) is 5. The lowest BCUT2D eigenvalue weighted by Gasteiger charge is -2.19. The van der Waals surface area contributed by atoms with Crippen molar-refractivity contribution in [2.24, 2.45) is 0 Å². The van der Waals surface area contributed by atoms with Crippen molar-refractivity contribution < 1.29 is 23.7 Å². The Balaban J connectivity index is 2.26. The van der Waals surface area contributed by atoms with Crippen LogP contribution in [0.3, 0.4) is 0 Å². The van der Waals surface area contributed by atoms with Crippen LogP contribution >= 0.6 is 0 Å². The van der Waals surface area contributed by atoms with E-state index in [-0.39, 0.29) is 0 Å². The van der Waals surface area contributed by atoms with Gasteiger partial charge in [-0.1, -0.05) is 18.7 Å². The van der Waals surface area contributed by atoms with Crippen molar-refractivity contribution in [3.8, 4) is 28.7 Å². The summed E-state index contributed by atoms with van der Waals surface area (Å²) in [6.45, 7) is 3.95. The summed E-state index contributed by atoms with van der Waals surface area (Å²) >= 11 is 0. The molecule has 0 aliphatic heterocycles. The van der Waals surface area contributed by atoms with Crippen LogP contribution in [0, 0.1) is 0 Å². The monoisotopic (exact) mass is 368 g/mol. The second kappa shape index (κ2) is 7.66. The minimum Gasteiger partial charge on any atom is -0.493 e. The summed E-state index contributed by atoms with van der Waals surface area (Å²) in [6, 6.07) is 5.88. The van der Waals surface area contributed by atoms with Gasteiger partial charge in [0.05, 0.1) is 35.5 Å². The molecule has 0 amide bonds. The minimum atomic E-state index is 0.576. The molecule has 0 atom stereocenters. The van der Waals surface area contributed by atoms with Crippen LogP contribution in [-0.2, 0) is 6.42 Å². The summed E-state index contributed by atoms with van der Waals surface area (Å²) in [7, 11) is 8.11. The van der Waals surface area contributed by atoms with Crippen LogP contribution < -0.4 is 23.7 Å². The maximum Gasteiger partial charge on any atom is 0.203 e. The van der Waals surface area contributed by atoms with E-state index in [0.717, 1.165) is 34.2 Å². The molecule has 0 N–H and O–H groups in total. The third-order valence-corrected chi connectivity index (χ3v) is 4.77. The van der Waals surface area contributed by atoms with E-state index in [0.29, 0.717) is 28.7 Å². The van der Waals surface area contributed by atoms with E-state index in [2.05, 4.69) is 12.7 Å². The molecule has 5 nitrogen and oxygen atoms in total. The largest absolute Gasteiger partial charge is 0.493 e. The van der Waals surface area contributed by atoms with E-state index in [1.54, 1.807) is 35.5 Å². The van der Waals surface area contributed by atoms with Gasteiger partial charge in [-0.05, 0) is 46.9 Å². The third-order valence-electron chi connectivity index (χ3n) is 4.77. The van der Waals surface area contributed by atoms with Crippen LogP contribution in [0.4, 0.5) is 0 Å². The van der Waals surface area contributed by atoms with Gasteiger partial charge >= 0.3 is 0 Å². The quantitative estimate of drug-likeness (QED) is 0.727. The summed E-state index contributed by atoms with van der Waals surface area (Å²) in [5.41, 5.74) is 5.09. The first kappa shape index (κ1) is 18.7. The number of methoxy groups -OCH3 is 5. The maximum atomic E-state index is 5.72. The number of hydrogen-bond donors (Lipinski definition) is 0. The van der Waals surface area contributed by atoms with Crippen LogP contribution in [0.15, 0.2) is 30.9 Å². The van der Waals surface area contributed by atoms with Crippen LogP contribution in [0.5, 0.6) is 28.7 Å². The third kappa shape index (κ3) is 2.99. The molecular weight excluding hydrogens is 344 g/mol. The van der Waals surface area contributed by atoms with Crippen LogP contribution in [0.1, 0.15) is 22.3 Å². The number of hydrogen-bond acceptors (Lipinski definition) is 5. The summed E-state index contributed by atoms with van der Waals surface area (Å²) in [5, 5.41) is 0. The highest BCUT2D eigenvalue weighted by molar-refractivity contribution is 5.93. The van der Waals surface area contributed by atoms with E-state index < -0.39 is 0 Å². The maximum absolute atomic E-state index is 5.72. The van der Waals surface area contributed by atoms with Crippen molar-refractivity contribution in [3.63, 3.8) is 0 Å². The van der Waals surface area contributed by atoms with Crippen LogP contribution in [-0.4, -0.2) is 35.5 Å². The van der Waals surface area contributed by atoms with E-state index in [1.807, 2.05) is 24.3 Å². The van der Waals surface area contributed by atoms with E-state index in [4.69, 9.17) is 23.7 Å². The van der Waals surface area contributed by atoms with E-state index in [1.165, 1.54) is 0 Å². The first-order valence-corrected chi connectivity index (χ1v) is 8.54. The Morgan fingerprint density at radius 1 is 0.778 bits per heavy atom. The fourth-order valence-electron chi connectivity index (χ4n) is 3.52. The molecule has 0 fully saturated rings. The second-order valence-corrected chi connectivity index (χ2v) is 6.00. The molecule has 0 saturated carbocycles. The van der Waals surface area contributed by atoms with Gasteiger partial charge in [0, 0.05) is 5.56 Å². The molecule has 142 valence electrons. The van der Waals surface area contributed by atoms with E-state index in [9.17, 15) is 0 Å². The minimum absolute atomic E-state index is 0.576. The molecular formula is C22H24O5. The van der Waals surface area contributed by atoms with Crippen molar-refractivity contribution in [1.29, 1.82) is 0 Å². The second-order valence-electron chi connectivity index (χ2n) is 6.00. The molecule has 0 saturated heterocycles. The summed E-state index contributed by atoms with van der Waals surface area (Å²) in [6.07, 6.45) is 4.75. The Bertz CT molecular complexity index is 912. The molecule has 1 aliphatic carbocycles. The lowest BCUT2D eigenvalue weighted by Crippen LogP contribution is -2.01. The van der Waals surface area contributed by atoms with Gasteiger partial charge in [0.2, 0.25) is 5.75 Å². The number of fused-ring (bicyclic) bond motifs is 1. The zero-order valence-electron chi connectivity index (χ0n) is 16.3. The van der Waals surface area contributed by atoms with Crippen molar-refractivity contribution in [1.82, 2.24) is 0 Å². The first-order chi connectivity index (χ1) is 13.1.